The van der Waals surface area contributed by atoms with Crippen molar-refractivity contribution < 1.29 is 9.50 Å². The van der Waals surface area contributed by atoms with Crippen molar-refractivity contribution in [3.63, 3.8) is 0 Å². The van der Waals surface area contributed by atoms with Gasteiger partial charge in [0.1, 0.15) is 5.82 Å². The SMILES string of the molecule is OC(CNCCCn1ccnn1)c1ccc(F)cc1. The highest BCUT2D eigenvalue weighted by atomic mass is 19.1. The molecule has 5 nitrogen and oxygen atoms in total. The minimum Gasteiger partial charge on any atom is -0.387 e. The van der Waals surface area contributed by atoms with Crippen LogP contribution in [0, 0.1) is 5.82 Å². The zero-order chi connectivity index (χ0) is 13.5. The van der Waals surface area contributed by atoms with Crippen molar-refractivity contribution in [3.8, 4) is 0 Å². The van der Waals surface area contributed by atoms with Crippen molar-refractivity contribution in [2.75, 3.05) is 13.1 Å². The predicted molar refractivity (Wildman–Crippen MR) is 68.9 cm³/mol. The van der Waals surface area contributed by atoms with Crippen LogP contribution in [0.3, 0.4) is 0 Å². The van der Waals surface area contributed by atoms with Crippen LogP contribution in [0.4, 0.5) is 4.39 Å². The summed E-state index contributed by atoms with van der Waals surface area (Å²) in [6.07, 6.45) is 3.74. The molecule has 0 aliphatic heterocycles. The molecule has 1 atom stereocenters. The number of nitrogens with zero attached hydrogens (tertiary/aromatic N) is 3. The largest absolute Gasteiger partial charge is 0.387 e. The molecule has 0 saturated heterocycles. The molecule has 1 unspecified atom stereocenters. The van der Waals surface area contributed by atoms with Crippen molar-refractivity contribution >= 4 is 0 Å². The minimum atomic E-state index is -0.619. The van der Waals surface area contributed by atoms with Gasteiger partial charge >= 0.3 is 0 Å². The van der Waals surface area contributed by atoms with Gasteiger partial charge in [-0.2, -0.15) is 0 Å². The predicted octanol–water partition coefficient (Wildman–Crippen LogP) is 1.13. The van der Waals surface area contributed by atoms with E-state index in [4.69, 9.17) is 0 Å². The second kappa shape index (κ2) is 6.96. The van der Waals surface area contributed by atoms with E-state index in [1.165, 1.54) is 12.1 Å². The third kappa shape index (κ3) is 4.42. The number of benzene rings is 1. The number of aliphatic hydroxyl groups is 1. The van der Waals surface area contributed by atoms with Crippen molar-refractivity contribution in [3.05, 3.63) is 48.0 Å². The highest BCUT2D eigenvalue weighted by Gasteiger charge is 2.06. The van der Waals surface area contributed by atoms with E-state index in [-0.39, 0.29) is 5.82 Å². The Kier molecular flexibility index (Phi) is 5.00. The Bertz CT molecular complexity index is 472. The van der Waals surface area contributed by atoms with E-state index < -0.39 is 6.10 Å². The van der Waals surface area contributed by atoms with Gasteiger partial charge in [0.25, 0.3) is 0 Å². The van der Waals surface area contributed by atoms with Gasteiger partial charge in [0, 0.05) is 19.3 Å². The molecular weight excluding hydrogens is 247 g/mol. The highest BCUT2D eigenvalue weighted by molar-refractivity contribution is 5.18. The van der Waals surface area contributed by atoms with E-state index in [0.717, 1.165) is 19.5 Å². The standard InChI is InChI=1S/C13H17FN4O/c14-12-4-2-11(3-5-12)13(19)10-15-6-1-8-18-9-7-16-17-18/h2-5,7,9,13,15,19H,1,6,8,10H2. The number of hydrogen-bond donors (Lipinski definition) is 2. The van der Waals surface area contributed by atoms with E-state index in [1.54, 1.807) is 23.0 Å². The molecule has 1 aromatic heterocycles. The number of nitrogens with one attached hydrogen (secondary N) is 1. The first-order chi connectivity index (χ1) is 9.25. The number of hydrogen-bond acceptors (Lipinski definition) is 4. The van der Waals surface area contributed by atoms with Crippen LogP contribution in [0.2, 0.25) is 0 Å². The summed E-state index contributed by atoms with van der Waals surface area (Å²) in [5.74, 6) is -0.295. The highest BCUT2D eigenvalue weighted by Crippen LogP contribution is 2.12. The normalized spacial score (nSPS) is 12.5. The monoisotopic (exact) mass is 264 g/mol. The second-order valence-corrected chi connectivity index (χ2v) is 4.29. The lowest BCUT2D eigenvalue weighted by atomic mass is 10.1. The number of aryl methyl sites for hydroxylation is 1. The molecule has 0 fully saturated rings. The zero-order valence-electron chi connectivity index (χ0n) is 10.5. The van der Waals surface area contributed by atoms with E-state index in [9.17, 15) is 9.50 Å². The first-order valence-electron chi connectivity index (χ1n) is 6.24. The molecule has 2 N–H and O–H groups in total. The Balaban J connectivity index is 1.63. The van der Waals surface area contributed by atoms with Crippen LogP contribution in [0.1, 0.15) is 18.1 Å². The summed E-state index contributed by atoms with van der Waals surface area (Å²) in [5.41, 5.74) is 0.713. The number of rotatable bonds is 7. The molecule has 2 aromatic rings. The lowest BCUT2D eigenvalue weighted by Crippen LogP contribution is -2.23. The molecule has 6 heteroatoms. The van der Waals surface area contributed by atoms with Gasteiger partial charge in [0.2, 0.25) is 0 Å². The molecule has 102 valence electrons. The lowest BCUT2D eigenvalue weighted by molar-refractivity contribution is 0.174. The fraction of sp³-hybridized carbons (Fsp3) is 0.385. The zero-order valence-corrected chi connectivity index (χ0v) is 10.5. The van der Waals surface area contributed by atoms with Crippen molar-refractivity contribution in [2.45, 2.75) is 19.1 Å². The van der Waals surface area contributed by atoms with Crippen LogP contribution in [-0.2, 0) is 6.54 Å². The molecule has 0 radical (unpaired) electrons. The van der Waals surface area contributed by atoms with E-state index in [0.29, 0.717) is 12.1 Å². The molecule has 2 rings (SSSR count). The second-order valence-electron chi connectivity index (χ2n) is 4.29. The summed E-state index contributed by atoms with van der Waals surface area (Å²) < 4.78 is 14.5. The van der Waals surface area contributed by atoms with Crippen LogP contribution >= 0.6 is 0 Å². The summed E-state index contributed by atoms with van der Waals surface area (Å²) in [7, 11) is 0. The summed E-state index contributed by atoms with van der Waals surface area (Å²) in [6.45, 7) is 2.01. The minimum absolute atomic E-state index is 0.295. The van der Waals surface area contributed by atoms with Gasteiger partial charge in [-0.25, -0.2) is 4.39 Å². The average molecular weight is 264 g/mol. The molecule has 0 saturated carbocycles. The molecule has 0 spiro atoms. The van der Waals surface area contributed by atoms with Crippen LogP contribution < -0.4 is 5.32 Å². The summed E-state index contributed by atoms with van der Waals surface area (Å²) >= 11 is 0. The molecule has 1 aromatic carbocycles. The molecule has 1 heterocycles. The maximum atomic E-state index is 12.7. The Labute approximate surface area is 111 Å². The van der Waals surface area contributed by atoms with E-state index in [2.05, 4.69) is 15.6 Å². The van der Waals surface area contributed by atoms with Crippen LogP contribution in [0.5, 0.6) is 0 Å². The first kappa shape index (κ1) is 13.6. The quantitative estimate of drug-likeness (QED) is 0.736. The molecule has 19 heavy (non-hydrogen) atoms. The molecule has 0 aliphatic rings. The summed E-state index contributed by atoms with van der Waals surface area (Å²) in [5, 5.41) is 20.6. The first-order valence-corrected chi connectivity index (χ1v) is 6.24. The van der Waals surface area contributed by atoms with Crippen LogP contribution in [0.15, 0.2) is 36.7 Å². The summed E-state index contributed by atoms with van der Waals surface area (Å²) in [4.78, 5) is 0. The van der Waals surface area contributed by atoms with E-state index >= 15 is 0 Å². The fourth-order valence-corrected chi connectivity index (χ4v) is 1.76. The van der Waals surface area contributed by atoms with Gasteiger partial charge in [-0.3, -0.25) is 4.68 Å². The van der Waals surface area contributed by atoms with E-state index in [1.807, 2.05) is 6.20 Å². The molecule has 0 amide bonds. The van der Waals surface area contributed by atoms with Crippen LogP contribution in [-0.4, -0.2) is 33.2 Å². The van der Waals surface area contributed by atoms with Crippen molar-refractivity contribution in [2.24, 2.45) is 0 Å². The lowest BCUT2D eigenvalue weighted by Gasteiger charge is -2.12. The Hall–Kier alpha value is -1.79. The number of halogens is 1. The Morgan fingerprint density at radius 2 is 2.11 bits per heavy atom. The van der Waals surface area contributed by atoms with Crippen molar-refractivity contribution in [1.29, 1.82) is 0 Å². The van der Waals surface area contributed by atoms with Gasteiger partial charge in [0.05, 0.1) is 12.3 Å². The third-order valence-electron chi connectivity index (χ3n) is 2.81. The molecule has 0 bridgehead atoms. The van der Waals surface area contributed by atoms with Gasteiger partial charge in [0.15, 0.2) is 0 Å². The van der Waals surface area contributed by atoms with Gasteiger partial charge in [-0.05, 0) is 30.7 Å². The van der Waals surface area contributed by atoms with Gasteiger partial charge in [-0.15, -0.1) is 5.10 Å². The topological polar surface area (TPSA) is 63.0 Å². The summed E-state index contributed by atoms with van der Waals surface area (Å²) in [6, 6.07) is 5.89. The smallest absolute Gasteiger partial charge is 0.123 e. The molecule has 0 aliphatic carbocycles. The molecular formula is C13H17FN4O. The maximum Gasteiger partial charge on any atom is 0.123 e. The Morgan fingerprint density at radius 1 is 1.32 bits per heavy atom. The number of aliphatic hydroxyl groups excluding tert-OH is 1. The van der Waals surface area contributed by atoms with Crippen LogP contribution in [0.25, 0.3) is 0 Å². The van der Waals surface area contributed by atoms with Gasteiger partial charge in [-0.1, -0.05) is 17.3 Å². The Morgan fingerprint density at radius 3 is 2.79 bits per heavy atom. The van der Waals surface area contributed by atoms with Crippen molar-refractivity contribution in [1.82, 2.24) is 20.3 Å². The van der Waals surface area contributed by atoms with Gasteiger partial charge < -0.3 is 10.4 Å². The number of aromatic nitrogens is 3. The maximum absolute atomic E-state index is 12.7. The third-order valence-corrected chi connectivity index (χ3v) is 2.81. The average Bonchev–Trinajstić information content (AvgIpc) is 2.92. The fourth-order valence-electron chi connectivity index (χ4n) is 1.76.